The Hall–Kier alpha value is -12.9. The zero-order valence-corrected chi connectivity index (χ0v) is 62.1. The van der Waals surface area contributed by atoms with Crippen LogP contribution in [0.25, 0.3) is 0 Å². The van der Waals surface area contributed by atoms with Gasteiger partial charge in [0, 0.05) is 38.8 Å². The molecule has 3 N–H and O–H groups in total. The van der Waals surface area contributed by atoms with Gasteiger partial charge in [-0.3, -0.25) is 34.1 Å². The molecule has 0 aliphatic heterocycles. The van der Waals surface area contributed by atoms with Crippen molar-refractivity contribution in [1.82, 2.24) is 16.0 Å². The van der Waals surface area contributed by atoms with Gasteiger partial charge in [0.2, 0.25) is 42.5 Å². The van der Waals surface area contributed by atoms with Crippen LogP contribution >= 0.6 is 0 Å². The molecule has 7 aromatic carbocycles. The van der Waals surface area contributed by atoms with Crippen LogP contribution in [0.4, 0.5) is 4.79 Å². The highest BCUT2D eigenvalue weighted by Crippen LogP contribution is 2.22. The number of ether oxygens (including phenoxy) is 11. The lowest BCUT2D eigenvalue weighted by molar-refractivity contribution is -0.185. The number of carbonyl (C=O) groups excluding carboxylic acids is 14. The minimum absolute atomic E-state index is 0.00523. The lowest BCUT2D eigenvalue weighted by atomic mass is 10.1. The Morgan fingerprint density at radius 2 is 0.562 bits per heavy atom. The van der Waals surface area contributed by atoms with Crippen molar-refractivity contribution in [2.45, 2.75) is 166 Å². The van der Waals surface area contributed by atoms with Crippen LogP contribution in [-0.4, -0.2) is 139 Å². The number of hydrogen-bond donors (Lipinski definition) is 3. The van der Waals surface area contributed by atoms with Crippen molar-refractivity contribution in [3.05, 3.63) is 251 Å². The molecule has 590 valence electrons. The zero-order valence-electron chi connectivity index (χ0n) is 62.1. The Bertz CT molecular complexity index is 4220. The largest absolute Gasteiger partial charge is 0.458 e. The van der Waals surface area contributed by atoms with Crippen LogP contribution in [0.5, 0.6) is 0 Å². The highest BCUT2D eigenvalue weighted by atomic mass is 16.7. The highest BCUT2D eigenvalue weighted by Gasteiger charge is 2.46. The first-order chi connectivity index (χ1) is 54.0. The third kappa shape index (κ3) is 31.4. The number of nitrogens with one attached hydrogen (secondary N) is 3. The van der Waals surface area contributed by atoms with Crippen molar-refractivity contribution in [1.29, 1.82) is 0 Å². The van der Waals surface area contributed by atoms with Crippen molar-refractivity contribution >= 4 is 83.5 Å². The fraction of sp³-hybridized carbons (Fsp3) is 0.333. The maximum Gasteiger partial charge on any atom is 0.407 e. The molecule has 0 saturated carbocycles. The maximum absolute atomic E-state index is 14.5. The van der Waals surface area contributed by atoms with Gasteiger partial charge in [-0.1, -0.05) is 189 Å². The molecule has 0 bridgehead atoms. The normalized spacial score (nSPS) is 12.5. The van der Waals surface area contributed by atoms with Gasteiger partial charge in [0.05, 0.1) is 16.7 Å². The second-order valence-electron chi connectivity index (χ2n) is 26.1. The second kappa shape index (κ2) is 46.5. The third-order valence-electron chi connectivity index (χ3n) is 16.1. The summed E-state index contributed by atoms with van der Waals surface area (Å²) >= 11 is 0. The number of imide groups is 1. The first-order valence-corrected chi connectivity index (χ1v) is 36.3. The van der Waals surface area contributed by atoms with Gasteiger partial charge >= 0.3 is 65.8 Å². The van der Waals surface area contributed by atoms with Crippen LogP contribution < -0.4 is 16.0 Å². The van der Waals surface area contributed by atoms with E-state index in [1.54, 1.807) is 160 Å². The predicted molar refractivity (Wildman–Crippen MR) is 397 cm³/mol. The molecule has 28 heteroatoms. The second-order valence-corrected chi connectivity index (χ2v) is 26.1. The summed E-state index contributed by atoms with van der Waals surface area (Å²) in [4.78, 5) is 193. The molecule has 0 fully saturated rings. The molecule has 7 aromatic rings. The fourth-order valence-corrected chi connectivity index (χ4v) is 10.3. The summed E-state index contributed by atoms with van der Waals surface area (Å²) in [5.74, 6) is -15.3. The predicted octanol–water partition coefficient (Wildman–Crippen LogP) is 10.3. The summed E-state index contributed by atoms with van der Waals surface area (Å²) in [6.07, 6.45) is -15.3. The number of hydrogen-bond acceptors (Lipinski definition) is 25. The molecule has 4 amide bonds. The molecule has 0 aliphatic carbocycles. The monoisotopic (exact) mass is 1540 g/mol. The number of rotatable bonds is 43. The fourth-order valence-electron chi connectivity index (χ4n) is 10.3. The van der Waals surface area contributed by atoms with Gasteiger partial charge in [-0.2, -0.15) is 0 Å². The molecule has 0 unspecified atom stereocenters. The maximum atomic E-state index is 14.5. The van der Waals surface area contributed by atoms with E-state index in [0.29, 0.717) is 35.1 Å². The molecule has 6 atom stereocenters. The number of benzene rings is 7. The van der Waals surface area contributed by atoms with Crippen LogP contribution in [0, 0.1) is 0 Å². The van der Waals surface area contributed by atoms with Crippen LogP contribution in [0.2, 0.25) is 0 Å². The minimum Gasteiger partial charge on any atom is -0.458 e. The average Bonchev–Trinajstić information content (AvgIpc) is 0.842. The van der Waals surface area contributed by atoms with Gasteiger partial charge < -0.3 is 62.7 Å². The lowest BCUT2D eigenvalue weighted by Gasteiger charge is -2.25. The highest BCUT2D eigenvalue weighted by molar-refractivity contribution is 6.03. The van der Waals surface area contributed by atoms with Gasteiger partial charge in [-0.25, -0.2) is 38.4 Å². The SMILES string of the molecule is CC(C)(C)OC(=O)NCCCCCC(=O)O[C@@H](C(=O)NCCCCCC(=O)O[C@@H](C(=O)OCc1ccccc1)[C@@H](OC(=O)c1ccccc1)C(=O)OCc1ccccc1)[C@@H](OC(=O)c1ccccc1)C(=O)NC(=O)CCCCC(=O)O[C@@H](C(=O)OCc1ccccc1)[C@@H](OC(=O)c1ccccc1)C(=O)OCc1ccccc1. The van der Waals surface area contributed by atoms with E-state index in [1.165, 1.54) is 72.8 Å². The van der Waals surface area contributed by atoms with Gasteiger partial charge in [0.25, 0.3) is 11.8 Å². The molecule has 0 heterocycles. The number of alkyl carbamates (subject to hydrolysis) is 1. The molecule has 0 aromatic heterocycles. The Labute approximate surface area is 646 Å². The van der Waals surface area contributed by atoms with E-state index in [-0.39, 0.29) is 101 Å². The molecule has 0 saturated heterocycles. The number of unbranched alkanes of at least 4 members (excludes halogenated alkanes) is 5. The molecule has 0 radical (unpaired) electrons. The van der Waals surface area contributed by atoms with Gasteiger partial charge in [0.15, 0.2) is 0 Å². The summed E-state index contributed by atoms with van der Waals surface area (Å²) < 4.78 is 61.0. The van der Waals surface area contributed by atoms with Crippen LogP contribution in [0.15, 0.2) is 212 Å². The smallest absolute Gasteiger partial charge is 0.407 e. The number of carbonyl (C=O) groups is 14. The summed E-state index contributed by atoms with van der Waals surface area (Å²) in [6.45, 7) is 3.66. The number of amides is 4. The van der Waals surface area contributed by atoms with Crippen LogP contribution in [0.3, 0.4) is 0 Å². The molecule has 28 nitrogen and oxygen atoms in total. The van der Waals surface area contributed by atoms with Crippen LogP contribution in [-0.2, 0) is 126 Å². The van der Waals surface area contributed by atoms with Crippen molar-refractivity contribution in [3.8, 4) is 0 Å². The first kappa shape index (κ1) is 86.4. The zero-order chi connectivity index (χ0) is 80.5. The first-order valence-electron chi connectivity index (χ1n) is 36.3. The Morgan fingerprint density at radius 3 is 0.893 bits per heavy atom. The van der Waals surface area contributed by atoms with E-state index in [1.807, 2.05) is 0 Å². The quantitative estimate of drug-likeness (QED) is 0.0182. The summed E-state index contributed by atoms with van der Waals surface area (Å²) in [7, 11) is 0. The van der Waals surface area contributed by atoms with E-state index >= 15 is 0 Å². The lowest BCUT2D eigenvalue weighted by Crippen LogP contribution is -2.54. The molecule has 0 aliphatic rings. The van der Waals surface area contributed by atoms with E-state index < -0.39 is 145 Å². The third-order valence-corrected chi connectivity index (χ3v) is 16.1. The van der Waals surface area contributed by atoms with E-state index in [9.17, 15) is 67.1 Å². The van der Waals surface area contributed by atoms with Gasteiger partial charge in [-0.05, 0) is 118 Å². The summed E-state index contributed by atoms with van der Waals surface area (Å²) in [6, 6.07) is 55.7. The Balaban J connectivity index is 1.03. The Morgan fingerprint density at radius 1 is 0.295 bits per heavy atom. The van der Waals surface area contributed by atoms with E-state index in [0.717, 1.165) is 0 Å². The topological polar surface area (TPSA) is 377 Å². The van der Waals surface area contributed by atoms with Gasteiger partial charge in [0.1, 0.15) is 32.0 Å². The molecule has 0 spiro atoms. The number of esters is 10. The van der Waals surface area contributed by atoms with Gasteiger partial charge in [-0.15, -0.1) is 0 Å². The van der Waals surface area contributed by atoms with Crippen LogP contribution in [0.1, 0.15) is 151 Å². The Kier molecular flexibility index (Phi) is 35.8. The molecule has 112 heavy (non-hydrogen) atoms. The summed E-state index contributed by atoms with van der Waals surface area (Å²) in [5, 5.41) is 7.24. The van der Waals surface area contributed by atoms with E-state index in [2.05, 4.69) is 16.0 Å². The average molecular weight is 1540 g/mol. The minimum atomic E-state index is -2.37. The van der Waals surface area contributed by atoms with Crippen molar-refractivity contribution < 1.29 is 119 Å². The standard InChI is InChI=1S/C84H89N3O25/c1-84(2,3)112-83(101)86-52-32-12-28-48-65(89)106-68(74(92)85-51-31-11-27-49-66(90)107-70(79(97)102-53-57-33-13-4-14-34-57)72(110-77(95)62-43-23-9-24-44-62)81(99)104-55-59-37-17-6-18-38-59)69(109-76(94)61-41-21-8-22-42-61)75(93)87-64(88)47-29-30-50-67(91)108-71(80(98)103-54-58-35-15-5-16-36-58)73(111-78(96)63-45-25-10-26-46-63)82(100)105-56-60-39-19-7-20-40-60/h4-10,13-26,33-46,68-73H,11-12,27-32,47-56H2,1-3H3,(H,85,92)(H,86,101)(H,87,88,93)/t68-,69-,70-,71-,72-,73-/m1/s1. The van der Waals surface area contributed by atoms with E-state index in [4.69, 9.17) is 52.1 Å². The van der Waals surface area contributed by atoms with Crippen molar-refractivity contribution in [3.63, 3.8) is 0 Å². The van der Waals surface area contributed by atoms with Crippen molar-refractivity contribution in [2.24, 2.45) is 0 Å². The summed E-state index contributed by atoms with van der Waals surface area (Å²) in [5.41, 5.74) is 1.18. The molecular formula is C84H89N3O25. The van der Waals surface area contributed by atoms with Crippen molar-refractivity contribution in [2.75, 3.05) is 13.1 Å². The molecule has 7 rings (SSSR count). The molecular weight excluding hydrogens is 1450 g/mol.